The minimum absolute atomic E-state index is 0.0244. The predicted molar refractivity (Wildman–Crippen MR) is 58.3 cm³/mol. The summed E-state index contributed by atoms with van der Waals surface area (Å²) in [5.41, 5.74) is 0.632. The molecule has 0 saturated heterocycles. The van der Waals surface area contributed by atoms with Crippen LogP contribution in [0.2, 0.25) is 0 Å². The first-order valence-electron chi connectivity index (χ1n) is 4.92. The molecule has 0 atom stereocenters. The van der Waals surface area contributed by atoms with Gasteiger partial charge in [0.2, 0.25) is 5.70 Å². The number of hydrogen-bond acceptors (Lipinski definition) is 3. The molecule has 1 aromatic rings. The zero-order valence-electron chi connectivity index (χ0n) is 9.10. The molecule has 0 radical (unpaired) electrons. The minimum Gasteiger partial charge on any atom is -0.435 e. The number of ether oxygens (including phenoxy) is 1. The zero-order valence-corrected chi connectivity index (χ0v) is 9.10. The SMILES string of the molecule is CC/C(=C\c1ccc(OC(F)F)cc1)[N+](=O)[O-]. The van der Waals surface area contributed by atoms with Crippen LogP contribution in [0, 0.1) is 10.1 Å². The maximum absolute atomic E-state index is 11.9. The minimum atomic E-state index is -2.87. The highest BCUT2D eigenvalue weighted by Gasteiger charge is 2.07. The number of alkyl halides is 2. The quantitative estimate of drug-likeness (QED) is 0.588. The summed E-state index contributed by atoms with van der Waals surface area (Å²) in [5.74, 6) is 0.0244. The summed E-state index contributed by atoms with van der Waals surface area (Å²) >= 11 is 0. The smallest absolute Gasteiger partial charge is 0.387 e. The van der Waals surface area contributed by atoms with Gasteiger partial charge in [-0.05, 0) is 17.7 Å². The summed E-state index contributed by atoms with van der Waals surface area (Å²) in [6.45, 7) is -1.20. The van der Waals surface area contributed by atoms with E-state index < -0.39 is 11.5 Å². The summed E-state index contributed by atoms with van der Waals surface area (Å²) in [6.07, 6.45) is 1.69. The lowest BCUT2D eigenvalue weighted by Gasteiger charge is -2.03. The Balaban J connectivity index is 2.84. The van der Waals surface area contributed by atoms with Crippen molar-refractivity contribution >= 4 is 6.08 Å². The van der Waals surface area contributed by atoms with Gasteiger partial charge in [-0.15, -0.1) is 0 Å². The van der Waals surface area contributed by atoms with E-state index in [1.165, 1.54) is 30.3 Å². The highest BCUT2D eigenvalue weighted by Crippen LogP contribution is 2.17. The fraction of sp³-hybridized carbons (Fsp3) is 0.273. The standard InChI is InChI=1S/C11H11F2NO3/c1-2-9(14(15)16)7-8-3-5-10(6-4-8)17-11(12)13/h3-7,11H,2H2,1H3/b9-7+. The Morgan fingerprint density at radius 3 is 2.47 bits per heavy atom. The summed E-state index contributed by atoms with van der Waals surface area (Å²) in [4.78, 5) is 10.1. The van der Waals surface area contributed by atoms with Gasteiger partial charge in [0.25, 0.3) is 0 Å². The van der Waals surface area contributed by atoms with Crippen molar-refractivity contribution in [2.24, 2.45) is 0 Å². The van der Waals surface area contributed by atoms with Crippen molar-refractivity contribution in [3.8, 4) is 5.75 Å². The zero-order chi connectivity index (χ0) is 12.8. The van der Waals surface area contributed by atoms with Gasteiger partial charge < -0.3 is 4.74 Å². The first kappa shape index (κ1) is 13.1. The van der Waals surface area contributed by atoms with E-state index in [0.29, 0.717) is 12.0 Å². The highest BCUT2D eigenvalue weighted by atomic mass is 19.3. The molecular weight excluding hydrogens is 232 g/mol. The molecule has 0 aliphatic heterocycles. The van der Waals surface area contributed by atoms with Gasteiger partial charge in [0.15, 0.2) is 0 Å². The van der Waals surface area contributed by atoms with Gasteiger partial charge >= 0.3 is 6.61 Å². The van der Waals surface area contributed by atoms with Crippen LogP contribution >= 0.6 is 0 Å². The van der Waals surface area contributed by atoms with Crippen LogP contribution in [-0.2, 0) is 0 Å². The molecule has 6 heteroatoms. The third-order valence-corrected chi connectivity index (χ3v) is 2.04. The third kappa shape index (κ3) is 4.18. The van der Waals surface area contributed by atoms with Crippen LogP contribution in [-0.4, -0.2) is 11.5 Å². The molecule has 1 aromatic carbocycles. The molecule has 92 valence electrons. The van der Waals surface area contributed by atoms with E-state index in [-0.39, 0.29) is 11.4 Å². The molecule has 4 nitrogen and oxygen atoms in total. The number of allylic oxidation sites excluding steroid dienone is 1. The lowest BCUT2D eigenvalue weighted by molar-refractivity contribution is -0.425. The molecular formula is C11H11F2NO3. The van der Waals surface area contributed by atoms with Crippen molar-refractivity contribution in [1.82, 2.24) is 0 Å². The number of nitrogens with zero attached hydrogens (tertiary/aromatic N) is 1. The van der Waals surface area contributed by atoms with Crippen molar-refractivity contribution in [2.45, 2.75) is 20.0 Å². The maximum atomic E-state index is 11.9. The van der Waals surface area contributed by atoms with E-state index in [2.05, 4.69) is 4.74 Å². The van der Waals surface area contributed by atoms with Crippen molar-refractivity contribution in [1.29, 1.82) is 0 Å². The van der Waals surface area contributed by atoms with E-state index in [0.717, 1.165) is 0 Å². The van der Waals surface area contributed by atoms with Gasteiger partial charge in [-0.3, -0.25) is 10.1 Å². The fourth-order valence-electron chi connectivity index (χ4n) is 1.22. The largest absolute Gasteiger partial charge is 0.435 e. The number of halogens is 2. The molecule has 0 aliphatic carbocycles. The van der Waals surface area contributed by atoms with Crippen LogP contribution < -0.4 is 4.74 Å². The van der Waals surface area contributed by atoms with Gasteiger partial charge in [0.1, 0.15) is 5.75 Å². The van der Waals surface area contributed by atoms with Crippen molar-refractivity contribution < 1.29 is 18.4 Å². The number of nitro groups is 1. The van der Waals surface area contributed by atoms with Crippen LogP contribution in [0.25, 0.3) is 6.08 Å². The van der Waals surface area contributed by atoms with Crippen molar-refractivity contribution in [3.63, 3.8) is 0 Å². The average Bonchev–Trinajstić information content (AvgIpc) is 2.26. The monoisotopic (exact) mass is 243 g/mol. The second kappa shape index (κ2) is 5.93. The third-order valence-electron chi connectivity index (χ3n) is 2.04. The molecule has 17 heavy (non-hydrogen) atoms. The molecule has 0 unspecified atom stereocenters. The van der Waals surface area contributed by atoms with Crippen LogP contribution in [0.15, 0.2) is 30.0 Å². The van der Waals surface area contributed by atoms with Gasteiger partial charge in [-0.25, -0.2) is 0 Å². The molecule has 0 fully saturated rings. The Kier molecular flexibility index (Phi) is 4.56. The summed E-state index contributed by atoms with van der Waals surface area (Å²) in [5, 5.41) is 10.6. The van der Waals surface area contributed by atoms with Crippen LogP contribution in [0.1, 0.15) is 18.9 Å². The van der Waals surface area contributed by atoms with E-state index >= 15 is 0 Å². The van der Waals surface area contributed by atoms with Crippen molar-refractivity contribution in [3.05, 3.63) is 45.6 Å². The van der Waals surface area contributed by atoms with Gasteiger partial charge in [0, 0.05) is 12.5 Å². The first-order valence-corrected chi connectivity index (χ1v) is 4.92. The second-order valence-electron chi connectivity index (χ2n) is 3.19. The Hall–Kier alpha value is -1.98. The molecule has 0 amide bonds. The Morgan fingerprint density at radius 2 is 2.06 bits per heavy atom. The molecule has 0 bridgehead atoms. The molecule has 0 aromatic heterocycles. The van der Waals surface area contributed by atoms with Gasteiger partial charge in [-0.2, -0.15) is 8.78 Å². The topological polar surface area (TPSA) is 52.4 Å². The van der Waals surface area contributed by atoms with E-state index in [4.69, 9.17) is 0 Å². The Bertz CT molecular complexity index is 415. The molecule has 0 heterocycles. The number of hydrogen-bond donors (Lipinski definition) is 0. The molecule has 1 rings (SSSR count). The number of rotatable bonds is 5. The van der Waals surface area contributed by atoms with Gasteiger partial charge in [-0.1, -0.05) is 19.1 Å². The van der Waals surface area contributed by atoms with Gasteiger partial charge in [0.05, 0.1) is 4.92 Å². The summed E-state index contributed by atoms with van der Waals surface area (Å²) < 4.78 is 27.9. The molecule has 0 spiro atoms. The average molecular weight is 243 g/mol. The summed E-state index contributed by atoms with van der Waals surface area (Å²) in [7, 11) is 0. The van der Waals surface area contributed by atoms with Crippen molar-refractivity contribution in [2.75, 3.05) is 0 Å². The van der Waals surface area contributed by atoms with Crippen LogP contribution in [0.4, 0.5) is 8.78 Å². The van der Waals surface area contributed by atoms with Crippen LogP contribution in [0.5, 0.6) is 5.75 Å². The lowest BCUT2D eigenvalue weighted by atomic mass is 10.1. The normalized spacial score (nSPS) is 11.6. The first-order chi connectivity index (χ1) is 8.02. The number of benzene rings is 1. The molecule has 0 N–H and O–H groups in total. The summed E-state index contributed by atoms with van der Waals surface area (Å²) in [6, 6.07) is 5.64. The lowest BCUT2D eigenvalue weighted by Crippen LogP contribution is -2.01. The fourth-order valence-corrected chi connectivity index (χ4v) is 1.22. The van der Waals surface area contributed by atoms with E-state index in [9.17, 15) is 18.9 Å². The Morgan fingerprint density at radius 1 is 1.47 bits per heavy atom. The predicted octanol–water partition coefficient (Wildman–Crippen LogP) is 3.32. The second-order valence-corrected chi connectivity index (χ2v) is 3.19. The maximum Gasteiger partial charge on any atom is 0.387 e. The molecule has 0 aliphatic rings. The highest BCUT2D eigenvalue weighted by molar-refractivity contribution is 5.52. The van der Waals surface area contributed by atoms with Crippen LogP contribution in [0.3, 0.4) is 0 Å². The van der Waals surface area contributed by atoms with E-state index in [1.807, 2.05) is 0 Å². The molecule has 0 saturated carbocycles. The Labute approximate surface area is 96.7 Å². The van der Waals surface area contributed by atoms with E-state index in [1.54, 1.807) is 6.92 Å².